The Morgan fingerprint density at radius 2 is 1.85 bits per heavy atom. The molecule has 1 N–H and O–H groups in total. The molecule has 2 amide bonds. The van der Waals surface area contributed by atoms with Crippen LogP contribution in [-0.2, 0) is 4.79 Å². The lowest BCUT2D eigenvalue weighted by atomic mass is 9.97. The minimum absolute atomic E-state index is 0.0370. The molecule has 2 heterocycles. The van der Waals surface area contributed by atoms with Gasteiger partial charge in [-0.25, -0.2) is 0 Å². The van der Waals surface area contributed by atoms with Gasteiger partial charge in [0, 0.05) is 41.5 Å². The Bertz CT molecular complexity index is 929. The van der Waals surface area contributed by atoms with Crippen molar-refractivity contribution in [2.45, 2.75) is 25.4 Å². The van der Waals surface area contributed by atoms with E-state index in [0.717, 1.165) is 15.6 Å². The Labute approximate surface area is 166 Å². The zero-order chi connectivity index (χ0) is 19.0. The summed E-state index contributed by atoms with van der Waals surface area (Å²) in [6.45, 7) is 3.13. The van der Waals surface area contributed by atoms with Crippen LogP contribution < -0.4 is 5.32 Å². The topological polar surface area (TPSA) is 61.8 Å². The molecule has 1 saturated heterocycles. The summed E-state index contributed by atoms with van der Waals surface area (Å²) in [5.41, 5.74) is 2.47. The Hall–Kier alpha value is -2.47. The number of aryl methyl sites for hydroxylation is 1. The van der Waals surface area contributed by atoms with E-state index < -0.39 is 5.66 Å². The van der Waals surface area contributed by atoms with Crippen molar-refractivity contribution in [1.29, 1.82) is 0 Å². The highest BCUT2D eigenvalue weighted by atomic mass is 79.9. The fraction of sp³-hybridized carbons (Fsp3) is 0.286. The number of benzene rings is 2. The van der Waals surface area contributed by atoms with Gasteiger partial charge in [0.2, 0.25) is 0 Å². The van der Waals surface area contributed by atoms with E-state index in [1.54, 1.807) is 0 Å². The molecule has 6 heteroatoms. The molecule has 0 aliphatic carbocycles. The largest absolute Gasteiger partial charge is 0.338 e. The van der Waals surface area contributed by atoms with E-state index in [1.807, 2.05) is 60.4 Å². The van der Waals surface area contributed by atoms with Gasteiger partial charge in [-0.15, -0.1) is 0 Å². The molecule has 0 atom stereocenters. The molecule has 2 aromatic carbocycles. The number of halogens is 1. The van der Waals surface area contributed by atoms with Gasteiger partial charge in [0.15, 0.2) is 0 Å². The number of carbonyl (C=O) groups is 2. The first-order valence-electron chi connectivity index (χ1n) is 9.00. The molecule has 0 bridgehead atoms. The molecule has 2 aromatic rings. The van der Waals surface area contributed by atoms with Crippen LogP contribution in [0.4, 0.5) is 0 Å². The SMILES string of the molecule is Cc1cccc(C(=O)N2CCC3(CC2)N=C(c2ccc(Br)cc2)C(=O)N3)c1. The Morgan fingerprint density at radius 1 is 1.15 bits per heavy atom. The minimum Gasteiger partial charge on any atom is -0.338 e. The number of hydrogen-bond acceptors (Lipinski definition) is 3. The molecule has 0 radical (unpaired) electrons. The van der Waals surface area contributed by atoms with E-state index in [2.05, 4.69) is 21.2 Å². The second kappa shape index (κ2) is 6.93. The van der Waals surface area contributed by atoms with Gasteiger partial charge in [0.25, 0.3) is 11.8 Å². The van der Waals surface area contributed by atoms with E-state index in [4.69, 9.17) is 4.99 Å². The predicted molar refractivity (Wildman–Crippen MR) is 108 cm³/mol. The van der Waals surface area contributed by atoms with Crippen molar-refractivity contribution in [2.75, 3.05) is 13.1 Å². The number of amides is 2. The highest BCUT2D eigenvalue weighted by Gasteiger charge is 2.42. The van der Waals surface area contributed by atoms with Gasteiger partial charge >= 0.3 is 0 Å². The van der Waals surface area contributed by atoms with Crippen molar-refractivity contribution >= 4 is 33.5 Å². The number of nitrogens with zero attached hydrogens (tertiary/aromatic N) is 2. The quantitative estimate of drug-likeness (QED) is 0.801. The summed E-state index contributed by atoms with van der Waals surface area (Å²) in [7, 11) is 0. The molecule has 5 nitrogen and oxygen atoms in total. The molecular weight excluding hydrogens is 406 g/mol. The van der Waals surface area contributed by atoms with E-state index in [0.29, 0.717) is 37.2 Å². The molecule has 138 valence electrons. The van der Waals surface area contributed by atoms with Gasteiger partial charge in [-0.1, -0.05) is 45.8 Å². The summed E-state index contributed by atoms with van der Waals surface area (Å²) < 4.78 is 0.961. The van der Waals surface area contributed by atoms with E-state index in [9.17, 15) is 9.59 Å². The van der Waals surface area contributed by atoms with E-state index >= 15 is 0 Å². The number of carbonyl (C=O) groups excluding carboxylic acids is 2. The standard InChI is InChI=1S/C21H20BrN3O2/c1-14-3-2-4-16(13-14)20(27)25-11-9-21(10-12-25)23-18(19(26)24-21)15-5-7-17(22)8-6-15/h2-8,13H,9-12H2,1H3,(H,24,26). The van der Waals surface area contributed by atoms with Crippen LogP contribution in [0.5, 0.6) is 0 Å². The van der Waals surface area contributed by atoms with Crippen LogP contribution >= 0.6 is 15.9 Å². The summed E-state index contributed by atoms with van der Waals surface area (Å²) in [6, 6.07) is 15.2. The van der Waals surface area contributed by atoms with Crippen LogP contribution in [0.15, 0.2) is 58.0 Å². The molecule has 0 aromatic heterocycles. The monoisotopic (exact) mass is 425 g/mol. The smallest absolute Gasteiger partial charge is 0.272 e. The van der Waals surface area contributed by atoms with Gasteiger partial charge in [-0.05, 0) is 31.2 Å². The number of piperidine rings is 1. The number of aliphatic imine (C=N–C) groups is 1. The summed E-state index contributed by atoms with van der Waals surface area (Å²) in [5.74, 6) is -0.106. The van der Waals surface area contributed by atoms with Crippen LogP contribution in [0.3, 0.4) is 0 Å². The number of rotatable bonds is 2. The summed E-state index contributed by atoms with van der Waals surface area (Å²) in [6.07, 6.45) is 1.24. The van der Waals surface area contributed by atoms with Crippen LogP contribution in [0, 0.1) is 6.92 Å². The average Bonchev–Trinajstić information content (AvgIpc) is 2.98. The van der Waals surface area contributed by atoms with Gasteiger partial charge in [-0.3, -0.25) is 14.6 Å². The third-order valence-electron chi connectivity index (χ3n) is 5.15. The Balaban J connectivity index is 1.49. The molecule has 4 rings (SSSR count). The summed E-state index contributed by atoms with van der Waals surface area (Å²) >= 11 is 3.41. The molecule has 0 unspecified atom stereocenters. The third-order valence-corrected chi connectivity index (χ3v) is 5.68. The maximum atomic E-state index is 12.7. The van der Waals surface area contributed by atoms with E-state index in [-0.39, 0.29) is 11.8 Å². The van der Waals surface area contributed by atoms with Crippen LogP contribution in [-0.4, -0.2) is 41.2 Å². The Kier molecular flexibility index (Phi) is 4.60. The van der Waals surface area contributed by atoms with Crippen molar-refractivity contribution in [3.05, 3.63) is 69.7 Å². The Morgan fingerprint density at radius 3 is 2.52 bits per heavy atom. The van der Waals surface area contributed by atoms with Crippen molar-refractivity contribution in [3.8, 4) is 0 Å². The van der Waals surface area contributed by atoms with Gasteiger partial charge in [-0.2, -0.15) is 0 Å². The lowest BCUT2D eigenvalue weighted by molar-refractivity contribution is -0.115. The van der Waals surface area contributed by atoms with Crippen molar-refractivity contribution < 1.29 is 9.59 Å². The second-order valence-electron chi connectivity index (χ2n) is 7.11. The number of hydrogen-bond donors (Lipinski definition) is 1. The first kappa shape index (κ1) is 17.9. The third kappa shape index (κ3) is 3.54. The lowest BCUT2D eigenvalue weighted by Crippen LogP contribution is -2.52. The predicted octanol–water partition coefficient (Wildman–Crippen LogP) is 3.31. The fourth-order valence-corrected chi connectivity index (χ4v) is 3.91. The maximum absolute atomic E-state index is 12.7. The fourth-order valence-electron chi connectivity index (χ4n) is 3.64. The van der Waals surface area contributed by atoms with Crippen LogP contribution in [0.1, 0.15) is 34.3 Å². The van der Waals surface area contributed by atoms with E-state index in [1.165, 1.54) is 0 Å². The normalized spacial score (nSPS) is 18.4. The molecule has 2 aliphatic rings. The first-order valence-corrected chi connectivity index (χ1v) is 9.79. The lowest BCUT2D eigenvalue weighted by Gasteiger charge is -2.37. The molecule has 2 aliphatic heterocycles. The summed E-state index contributed by atoms with van der Waals surface area (Å²) in [4.78, 5) is 31.8. The molecule has 0 saturated carbocycles. The molecule has 1 spiro atoms. The van der Waals surface area contributed by atoms with Crippen molar-refractivity contribution in [3.63, 3.8) is 0 Å². The highest BCUT2D eigenvalue weighted by molar-refractivity contribution is 9.10. The second-order valence-corrected chi connectivity index (χ2v) is 8.03. The van der Waals surface area contributed by atoms with Gasteiger partial charge < -0.3 is 10.2 Å². The van der Waals surface area contributed by atoms with Crippen molar-refractivity contribution in [1.82, 2.24) is 10.2 Å². The molecule has 27 heavy (non-hydrogen) atoms. The average molecular weight is 426 g/mol. The number of likely N-dealkylation sites (tertiary alicyclic amines) is 1. The zero-order valence-corrected chi connectivity index (χ0v) is 16.6. The molecular formula is C21H20BrN3O2. The highest BCUT2D eigenvalue weighted by Crippen LogP contribution is 2.29. The van der Waals surface area contributed by atoms with Crippen LogP contribution in [0.25, 0.3) is 0 Å². The zero-order valence-electron chi connectivity index (χ0n) is 15.0. The summed E-state index contributed by atoms with van der Waals surface area (Å²) in [5, 5.41) is 3.05. The minimum atomic E-state index is -0.594. The van der Waals surface area contributed by atoms with Crippen molar-refractivity contribution in [2.24, 2.45) is 4.99 Å². The van der Waals surface area contributed by atoms with Gasteiger partial charge in [0.05, 0.1) is 0 Å². The van der Waals surface area contributed by atoms with Crippen LogP contribution in [0.2, 0.25) is 0 Å². The maximum Gasteiger partial charge on any atom is 0.272 e. The first-order chi connectivity index (χ1) is 13.0. The molecule has 1 fully saturated rings. The van der Waals surface area contributed by atoms with Gasteiger partial charge in [0.1, 0.15) is 11.4 Å². The number of nitrogens with one attached hydrogen (secondary N) is 1.